The van der Waals surface area contributed by atoms with Gasteiger partial charge in [0, 0.05) is 18.6 Å². The highest BCUT2D eigenvalue weighted by atomic mass is 19.2. The number of hydrogen-bond acceptors (Lipinski definition) is 1. The van der Waals surface area contributed by atoms with Crippen molar-refractivity contribution in [2.24, 2.45) is 5.92 Å². The standard InChI is InChI=1S/C15H19F2N/c1-10(12-3-4-12)18(13-5-6-13)9-11-2-7-14(16)15(17)8-11/h2,7-8,10,12-13H,3-6,9H2,1H3. The number of benzene rings is 1. The third-order valence-electron chi connectivity index (χ3n) is 4.19. The van der Waals surface area contributed by atoms with E-state index < -0.39 is 11.6 Å². The van der Waals surface area contributed by atoms with Gasteiger partial charge in [-0.3, -0.25) is 4.90 Å². The van der Waals surface area contributed by atoms with Crippen LogP contribution in [-0.2, 0) is 6.54 Å². The fraction of sp³-hybridized carbons (Fsp3) is 0.600. The Balaban J connectivity index is 1.73. The van der Waals surface area contributed by atoms with Crippen LogP contribution in [0.5, 0.6) is 0 Å². The van der Waals surface area contributed by atoms with Crippen LogP contribution in [0.3, 0.4) is 0 Å². The molecule has 98 valence electrons. The Bertz CT molecular complexity index is 438. The third-order valence-corrected chi connectivity index (χ3v) is 4.19. The first-order valence-electron chi connectivity index (χ1n) is 6.85. The van der Waals surface area contributed by atoms with E-state index in [4.69, 9.17) is 0 Å². The van der Waals surface area contributed by atoms with E-state index >= 15 is 0 Å². The van der Waals surface area contributed by atoms with Crippen LogP contribution in [0.1, 0.15) is 38.2 Å². The van der Waals surface area contributed by atoms with Crippen molar-refractivity contribution in [2.75, 3.05) is 0 Å². The van der Waals surface area contributed by atoms with Crippen LogP contribution in [-0.4, -0.2) is 17.0 Å². The molecule has 0 spiro atoms. The Kier molecular flexibility index (Phi) is 3.10. The first-order chi connectivity index (χ1) is 8.65. The lowest BCUT2D eigenvalue weighted by Gasteiger charge is -2.29. The molecule has 1 aromatic rings. The van der Waals surface area contributed by atoms with Crippen molar-refractivity contribution >= 4 is 0 Å². The molecule has 2 saturated carbocycles. The van der Waals surface area contributed by atoms with Gasteiger partial charge in [0.2, 0.25) is 0 Å². The Labute approximate surface area is 107 Å². The number of nitrogens with zero attached hydrogens (tertiary/aromatic N) is 1. The quantitative estimate of drug-likeness (QED) is 0.770. The zero-order valence-corrected chi connectivity index (χ0v) is 10.7. The van der Waals surface area contributed by atoms with Gasteiger partial charge in [0.05, 0.1) is 0 Å². The summed E-state index contributed by atoms with van der Waals surface area (Å²) in [6.07, 6.45) is 5.14. The van der Waals surface area contributed by atoms with Crippen molar-refractivity contribution in [3.63, 3.8) is 0 Å². The van der Waals surface area contributed by atoms with Crippen LogP contribution in [0.4, 0.5) is 8.78 Å². The van der Waals surface area contributed by atoms with Crippen molar-refractivity contribution in [2.45, 2.75) is 51.2 Å². The van der Waals surface area contributed by atoms with Gasteiger partial charge in [0.1, 0.15) is 0 Å². The van der Waals surface area contributed by atoms with Gasteiger partial charge in [-0.2, -0.15) is 0 Å². The van der Waals surface area contributed by atoms with E-state index in [1.807, 2.05) is 0 Å². The average Bonchev–Trinajstić information content (AvgIpc) is 3.20. The lowest BCUT2D eigenvalue weighted by molar-refractivity contribution is 0.170. The van der Waals surface area contributed by atoms with Gasteiger partial charge < -0.3 is 0 Å². The molecular weight excluding hydrogens is 232 g/mol. The van der Waals surface area contributed by atoms with E-state index in [0.29, 0.717) is 12.1 Å². The van der Waals surface area contributed by atoms with E-state index in [1.54, 1.807) is 6.07 Å². The molecule has 0 saturated heterocycles. The summed E-state index contributed by atoms with van der Waals surface area (Å²) in [6, 6.07) is 5.51. The minimum Gasteiger partial charge on any atom is -0.293 e. The average molecular weight is 251 g/mol. The van der Waals surface area contributed by atoms with E-state index in [2.05, 4.69) is 11.8 Å². The number of rotatable bonds is 5. The Morgan fingerprint density at radius 3 is 2.44 bits per heavy atom. The maximum absolute atomic E-state index is 13.2. The first kappa shape index (κ1) is 12.1. The van der Waals surface area contributed by atoms with Gasteiger partial charge >= 0.3 is 0 Å². The Morgan fingerprint density at radius 2 is 1.89 bits per heavy atom. The Hall–Kier alpha value is -0.960. The molecule has 2 aliphatic carbocycles. The van der Waals surface area contributed by atoms with Crippen molar-refractivity contribution in [3.8, 4) is 0 Å². The fourth-order valence-electron chi connectivity index (χ4n) is 2.71. The summed E-state index contributed by atoms with van der Waals surface area (Å²) < 4.78 is 26.1. The molecule has 0 bridgehead atoms. The Morgan fingerprint density at radius 1 is 1.17 bits per heavy atom. The molecule has 0 amide bonds. The maximum Gasteiger partial charge on any atom is 0.159 e. The van der Waals surface area contributed by atoms with Gasteiger partial charge in [-0.15, -0.1) is 0 Å². The van der Waals surface area contributed by atoms with Crippen LogP contribution in [0.25, 0.3) is 0 Å². The molecular formula is C15H19F2N. The summed E-state index contributed by atoms with van der Waals surface area (Å²) in [5, 5.41) is 0. The largest absolute Gasteiger partial charge is 0.293 e. The van der Waals surface area contributed by atoms with E-state index in [1.165, 1.54) is 37.8 Å². The molecule has 0 radical (unpaired) electrons. The molecule has 0 aliphatic heterocycles. The molecule has 1 atom stereocenters. The maximum atomic E-state index is 13.2. The summed E-state index contributed by atoms with van der Waals surface area (Å²) in [5.74, 6) is -0.676. The summed E-state index contributed by atoms with van der Waals surface area (Å²) in [6.45, 7) is 3.02. The fourth-order valence-corrected chi connectivity index (χ4v) is 2.71. The van der Waals surface area contributed by atoms with Gasteiger partial charge in [-0.05, 0) is 56.2 Å². The summed E-state index contributed by atoms with van der Waals surface area (Å²) in [4.78, 5) is 2.48. The molecule has 1 unspecified atom stereocenters. The van der Waals surface area contributed by atoms with E-state index in [0.717, 1.165) is 18.0 Å². The second-order valence-electron chi connectivity index (χ2n) is 5.73. The second-order valence-corrected chi connectivity index (χ2v) is 5.73. The molecule has 0 aromatic heterocycles. The molecule has 2 fully saturated rings. The predicted octanol–water partition coefficient (Wildman–Crippen LogP) is 3.73. The third kappa shape index (κ3) is 2.56. The monoisotopic (exact) mass is 251 g/mol. The second kappa shape index (κ2) is 4.61. The van der Waals surface area contributed by atoms with Crippen LogP contribution in [0.15, 0.2) is 18.2 Å². The highest BCUT2D eigenvalue weighted by Crippen LogP contribution is 2.40. The van der Waals surface area contributed by atoms with Crippen LogP contribution in [0, 0.1) is 17.6 Å². The highest BCUT2D eigenvalue weighted by molar-refractivity contribution is 5.18. The molecule has 0 heterocycles. The lowest BCUT2D eigenvalue weighted by Crippen LogP contribution is -2.36. The smallest absolute Gasteiger partial charge is 0.159 e. The van der Waals surface area contributed by atoms with Gasteiger partial charge in [-0.1, -0.05) is 6.07 Å². The summed E-state index contributed by atoms with van der Waals surface area (Å²) in [5.41, 5.74) is 0.883. The normalized spacial score (nSPS) is 21.3. The van der Waals surface area contributed by atoms with Gasteiger partial charge in [-0.25, -0.2) is 8.78 Å². The number of halogens is 2. The lowest BCUT2D eigenvalue weighted by atomic mass is 10.1. The topological polar surface area (TPSA) is 3.24 Å². The SMILES string of the molecule is CC(C1CC1)N(Cc1ccc(F)c(F)c1)C1CC1. The van der Waals surface area contributed by atoms with Crippen LogP contribution in [0.2, 0.25) is 0 Å². The zero-order chi connectivity index (χ0) is 12.7. The van der Waals surface area contributed by atoms with Crippen LogP contribution >= 0.6 is 0 Å². The minimum atomic E-state index is -0.757. The number of hydrogen-bond donors (Lipinski definition) is 0. The summed E-state index contributed by atoms with van der Waals surface area (Å²) in [7, 11) is 0. The molecule has 0 N–H and O–H groups in total. The van der Waals surface area contributed by atoms with Crippen molar-refractivity contribution in [3.05, 3.63) is 35.4 Å². The van der Waals surface area contributed by atoms with Crippen molar-refractivity contribution in [1.29, 1.82) is 0 Å². The first-order valence-corrected chi connectivity index (χ1v) is 6.85. The van der Waals surface area contributed by atoms with Crippen molar-refractivity contribution < 1.29 is 8.78 Å². The zero-order valence-electron chi connectivity index (χ0n) is 10.7. The van der Waals surface area contributed by atoms with Crippen LogP contribution < -0.4 is 0 Å². The highest BCUT2D eigenvalue weighted by Gasteiger charge is 2.38. The molecule has 1 aromatic carbocycles. The van der Waals surface area contributed by atoms with E-state index in [-0.39, 0.29) is 0 Å². The molecule has 3 heteroatoms. The van der Waals surface area contributed by atoms with Gasteiger partial charge in [0.15, 0.2) is 11.6 Å². The molecule has 18 heavy (non-hydrogen) atoms. The summed E-state index contributed by atoms with van der Waals surface area (Å²) >= 11 is 0. The van der Waals surface area contributed by atoms with E-state index in [9.17, 15) is 8.78 Å². The molecule has 3 rings (SSSR count). The predicted molar refractivity (Wildman–Crippen MR) is 67.1 cm³/mol. The molecule has 2 aliphatic rings. The van der Waals surface area contributed by atoms with Gasteiger partial charge in [0.25, 0.3) is 0 Å². The molecule has 1 nitrogen and oxygen atoms in total. The van der Waals surface area contributed by atoms with Crippen molar-refractivity contribution in [1.82, 2.24) is 4.90 Å². The minimum absolute atomic E-state index is 0.575.